The van der Waals surface area contributed by atoms with Crippen molar-refractivity contribution < 1.29 is 9.90 Å². The minimum absolute atomic E-state index is 0.219. The number of carbonyl (C=O) groups is 1. The fraction of sp³-hybridized carbons (Fsp3) is 0.111. The van der Waals surface area contributed by atoms with Gasteiger partial charge in [-0.1, -0.05) is 12.1 Å². The van der Waals surface area contributed by atoms with Crippen LogP contribution >= 0.6 is 12.2 Å². The maximum Gasteiger partial charge on any atom is 0.178 e. The molecule has 1 N–H and O–H groups in total. The fourth-order valence-electron chi connectivity index (χ4n) is 1.39. The molecule has 1 heterocycles. The van der Waals surface area contributed by atoms with Crippen LogP contribution in [0.2, 0.25) is 0 Å². The molecular formula is C9H7N2O2S-. The number of carboxylic acid groups (broad SMARTS) is 1. The van der Waals surface area contributed by atoms with Crippen LogP contribution in [0, 0.1) is 4.77 Å². The number of imidazole rings is 1. The second kappa shape index (κ2) is 3.26. The van der Waals surface area contributed by atoms with E-state index in [1.807, 2.05) is 24.3 Å². The van der Waals surface area contributed by atoms with E-state index in [9.17, 15) is 9.90 Å². The first-order chi connectivity index (χ1) is 6.68. The van der Waals surface area contributed by atoms with Crippen molar-refractivity contribution in [3.8, 4) is 0 Å². The number of hydrogen-bond donors (Lipinski definition) is 1. The Balaban J connectivity index is 2.68. The van der Waals surface area contributed by atoms with Gasteiger partial charge in [0.2, 0.25) is 0 Å². The van der Waals surface area contributed by atoms with Gasteiger partial charge in [0.15, 0.2) is 4.77 Å². The van der Waals surface area contributed by atoms with Gasteiger partial charge in [0, 0.05) is 0 Å². The number of aromatic nitrogens is 2. The highest BCUT2D eigenvalue weighted by Crippen LogP contribution is 2.12. The fourth-order valence-corrected chi connectivity index (χ4v) is 1.67. The molecule has 1 aromatic carbocycles. The Bertz CT molecular complexity index is 541. The molecule has 5 heteroatoms. The van der Waals surface area contributed by atoms with Crippen LogP contribution in [0.3, 0.4) is 0 Å². The molecule has 4 nitrogen and oxygen atoms in total. The zero-order valence-corrected chi connectivity index (χ0v) is 8.00. The predicted molar refractivity (Wildman–Crippen MR) is 52.1 cm³/mol. The maximum atomic E-state index is 10.5. The van der Waals surface area contributed by atoms with Gasteiger partial charge >= 0.3 is 0 Å². The Morgan fingerprint density at radius 1 is 1.50 bits per heavy atom. The van der Waals surface area contributed by atoms with Crippen LogP contribution in [0.15, 0.2) is 24.3 Å². The van der Waals surface area contributed by atoms with E-state index < -0.39 is 5.97 Å². The molecule has 0 fully saturated rings. The molecule has 0 aliphatic rings. The van der Waals surface area contributed by atoms with Crippen molar-refractivity contribution in [1.29, 1.82) is 0 Å². The third kappa shape index (κ3) is 1.42. The van der Waals surface area contributed by atoms with E-state index in [0.717, 1.165) is 11.0 Å². The van der Waals surface area contributed by atoms with Gasteiger partial charge in [0.05, 0.1) is 23.5 Å². The molecule has 2 aromatic rings. The lowest BCUT2D eigenvalue weighted by atomic mass is 10.3. The summed E-state index contributed by atoms with van der Waals surface area (Å²) < 4.78 is 1.90. The minimum Gasteiger partial charge on any atom is -0.548 e. The van der Waals surface area contributed by atoms with E-state index in [0.29, 0.717) is 4.77 Å². The van der Waals surface area contributed by atoms with Gasteiger partial charge in [-0.15, -0.1) is 0 Å². The molecule has 0 saturated carbocycles. The normalized spacial score (nSPS) is 10.6. The second-order valence-electron chi connectivity index (χ2n) is 2.91. The molecule has 0 atom stereocenters. The first kappa shape index (κ1) is 8.96. The molecule has 72 valence electrons. The SMILES string of the molecule is O=C([O-])Cn1c(=S)[nH]c2ccccc21. The van der Waals surface area contributed by atoms with Crippen molar-refractivity contribution in [2.24, 2.45) is 0 Å². The molecule has 0 spiro atoms. The van der Waals surface area contributed by atoms with Gasteiger partial charge in [0.1, 0.15) is 0 Å². The lowest BCUT2D eigenvalue weighted by molar-refractivity contribution is -0.306. The van der Waals surface area contributed by atoms with Crippen molar-refractivity contribution in [2.45, 2.75) is 6.54 Å². The molecule has 0 aliphatic carbocycles. The predicted octanol–water partition coefficient (Wildman–Crippen LogP) is 0.449. The zero-order valence-electron chi connectivity index (χ0n) is 7.19. The molecule has 2 rings (SSSR count). The number of fused-ring (bicyclic) bond motifs is 1. The lowest BCUT2D eigenvalue weighted by Gasteiger charge is -2.04. The number of aliphatic carboxylic acids is 1. The molecule has 0 amide bonds. The van der Waals surface area contributed by atoms with E-state index in [1.165, 1.54) is 4.57 Å². The number of carbonyl (C=O) groups excluding carboxylic acids is 1. The summed E-state index contributed by atoms with van der Waals surface area (Å²) in [6, 6.07) is 7.34. The van der Waals surface area contributed by atoms with Gasteiger partial charge in [-0.05, 0) is 24.4 Å². The number of H-pyrrole nitrogens is 1. The van der Waals surface area contributed by atoms with Crippen molar-refractivity contribution in [1.82, 2.24) is 9.55 Å². The Morgan fingerprint density at radius 3 is 2.93 bits per heavy atom. The van der Waals surface area contributed by atoms with Crippen LogP contribution in [-0.2, 0) is 11.3 Å². The lowest BCUT2D eigenvalue weighted by Crippen LogP contribution is -2.27. The van der Waals surface area contributed by atoms with E-state index in [4.69, 9.17) is 12.2 Å². The van der Waals surface area contributed by atoms with Crippen molar-refractivity contribution in [3.63, 3.8) is 0 Å². The van der Waals surface area contributed by atoms with Crippen molar-refractivity contribution in [2.75, 3.05) is 0 Å². The van der Waals surface area contributed by atoms with E-state index in [-0.39, 0.29) is 6.54 Å². The number of rotatable bonds is 2. The summed E-state index contributed by atoms with van der Waals surface area (Å²) in [6.45, 7) is -0.219. The van der Waals surface area contributed by atoms with Gasteiger partial charge < -0.3 is 19.5 Å². The Kier molecular flexibility index (Phi) is 2.09. The Morgan fingerprint density at radius 2 is 2.21 bits per heavy atom. The van der Waals surface area contributed by atoms with E-state index in [2.05, 4.69) is 4.98 Å². The Hall–Kier alpha value is -1.62. The van der Waals surface area contributed by atoms with Gasteiger partial charge in [-0.25, -0.2) is 0 Å². The van der Waals surface area contributed by atoms with Crippen molar-refractivity contribution in [3.05, 3.63) is 29.0 Å². The number of carboxylic acids is 1. The van der Waals surface area contributed by atoms with Gasteiger partial charge in [-0.2, -0.15) is 0 Å². The number of para-hydroxylation sites is 2. The molecule has 14 heavy (non-hydrogen) atoms. The third-order valence-electron chi connectivity index (χ3n) is 1.97. The summed E-state index contributed by atoms with van der Waals surface area (Å²) >= 11 is 4.99. The number of nitrogens with one attached hydrogen (secondary N) is 1. The van der Waals surface area contributed by atoms with Crippen LogP contribution in [0.4, 0.5) is 0 Å². The summed E-state index contributed by atoms with van der Waals surface area (Å²) in [4.78, 5) is 13.4. The van der Waals surface area contributed by atoms with Gasteiger partial charge in [0.25, 0.3) is 0 Å². The highest BCUT2D eigenvalue weighted by Gasteiger charge is 2.02. The summed E-state index contributed by atoms with van der Waals surface area (Å²) in [5.41, 5.74) is 1.61. The van der Waals surface area contributed by atoms with Crippen LogP contribution in [-0.4, -0.2) is 15.5 Å². The van der Waals surface area contributed by atoms with Gasteiger partial charge in [-0.3, -0.25) is 0 Å². The largest absolute Gasteiger partial charge is 0.548 e. The van der Waals surface area contributed by atoms with Crippen LogP contribution < -0.4 is 5.11 Å². The molecule has 0 saturated heterocycles. The average Bonchev–Trinajstić information content (AvgIpc) is 2.43. The number of hydrogen-bond acceptors (Lipinski definition) is 3. The molecule has 0 bridgehead atoms. The molecular weight excluding hydrogens is 200 g/mol. The number of nitrogens with zero attached hydrogens (tertiary/aromatic N) is 1. The smallest absolute Gasteiger partial charge is 0.178 e. The summed E-state index contributed by atoms with van der Waals surface area (Å²) in [5.74, 6) is -1.15. The summed E-state index contributed by atoms with van der Waals surface area (Å²) in [7, 11) is 0. The first-order valence-corrected chi connectivity index (χ1v) is 4.46. The molecule has 1 aromatic heterocycles. The number of aromatic amines is 1. The summed E-state index contributed by atoms with van der Waals surface area (Å²) in [5, 5.41) is 10.5. The second-order valence-corrected chi connectivity index (χ2v) is 3.29. The van der Waals surface area contributed by atoms with Crippen molar-refractivity contribution >= 4 is 29.2 Å². The molecule has 0 unspecified atom stereocenters. The zero-order chi connectivity index (χ0) is 10.1. The Labute approximate surface area is 84.8 Å². The summed E-state index contributed by atoms with van der Waals surface area (Å²) in [6.07, 6.45) is 0. The minimum atomic E-state index is -1.15. The van der Waals surface area contributed by atoms with Crippen LogP contribution in [0.1, 0.15) is 0 Å². The van der Waals surface area contributed by atoms with E-state index in [1.54, 1.807) is 0 Å². The quantitative estimate of drug-likeness (QED) is 0.727. The number of benzene rings is 1. The standard InChI is InChI=1S/C9H8N2O2S/c12-8(13)5-11-7-4-2-1-3-6(7)10-9(11)14/h1-4H,5H2,(H,10,14)(H,12,13)/p-1. The molecule has 0 radical (unpaired) electrons. The highest BCUT2D eigenvalue weighted by molar-refractivity contribution is 7.71. The average molecular weight is 207 g/mol. The maximum absolute atomic E-state index is 10.5. The monoisotopic (exact) mass is 207 g/mol. The third-order valence-corrected chi connectivity index (χ3v) is 2.29. The van der Waals surface area contributed by atoms with Crippen LogP contribution in [0.25, 0.3) is 11.0 Å². The molecule has 0 aliphatic heterocycles. The highest BCUT2D eigenvalue weighted by atomic mass is 32.1. The van der Waals surface area contributed by atoms with E-state index >= 15 is 0 Å². The first-order valence-electron chi connectivity index (χ1n) is 4.06. The topological polar surface area (TPSA) is 60.8 Å². The van der Waals surface area contributed by atoms with Crippen LogP contribution in [0.5, 0.6) is 0 Å².